The molecule has 36 heavy (non-hydrogen) atoms. The average Bonchev–Trinajstić information content (AvgIpc) is 2.90. The fourth-order valence-corrected chi connectivity index (χ4v) is 5.78. The van der Waals surface area contributed by atoms with Crippen LogP contribution in [0, 0.1) is 35.1 Å². The topological polar surface area (TPSA) is 35.5 Å². The van der Waals surface area contributed by atoms with Crippen LogP contribution in [0.5, 0.6) is 11.5 Å². The van der Waals surface area contributed by atoms with Crippen molar-refractivity contribution in [3.63, 3.8) is 0 Å². The third-order valence-corrected chi connectivity index (χ3v) is 8.03. The molecule has 0 aliphatic heterocycles. The minimum absolute atomic E-state index is 0.0645. The van der Waals surface area contributed by atoms with E-state index in [2.05, 4.69) is 6.92 Å². The Balaban J connectivity index is 1.37. The lowest BCUT2D eigenvalue weighted by atomic mass is 9.76. The molecule has 0 bridgehead atoms. The number of hydrogen-bond donors (Lipinski definition) is 0. The Morgan fingerprint density at radius 2 is 1.22 bits per heavy atom. The van der Waals surface area contributed by atoms with Crippen LogP contribution in [0.15, 0.2) is 24.3 Å². The van der Waals surface area contributed by atoms with Crippen molar-refractivity contribution >= 4 is 5.97 Å². The summed E-state index contributed by atoms with van der Waals surface area (Å²) < 4.78 is 68.6. The van der Waals surface area contributed by atoms with Gasteiger partial charge in [-0.05, 0) is 99.3 Å². The predicted molar refractivity (Wildman–Crippen MR) is 129 cm³/mol. The molecule has 7 heteroatoms. The van der Waals surface area contributed by atoms with Gasteiger partial charge in [0.15, 0.2) is 23.1 Å². The summed E-state index contributed by atoms with van der Waals surface area (Å²) in [7, 11) is 0. The molecular formula is C29H34F4O3. The molecule has 196 valence electrons. The van der Waals surface area contributed by atoms with Crippen molar-refractivity contribution in [1.82, 2.24) is 0 Å². The maximum Gasteiger partial charge on any atom is 0.314 e. The minimum Gasteiger partial charge on any atom is -0.491 e. The van der Waals surface area contributed by atoms with E-state index < -0.39 is 40.9 Å². The number of rotatable bonds is 7. The van der Waals surface area contributed by atoms with Crippen molar-refractivity contribution in [2.75, 3.05) is 6.61 Å². The summed E-state index contributed by atoms with van der Waals surface area (Å²) in [5.74, 6) is -5.34. The summed E-state index contributed by atoms with van der Waals surface area (Å²) in [6.07, 6.45) is 6.78. The fourth-order valence-electron chi connectivity index (χ4n) is 5.78. The zero-order chi connectivity index (χ0) is 25.8. The van der Waals surface area contributed by atoms with Crippen molar-refractivity contribution in [3.05, 3.63) is 58.7 Å². The third kappa shape index (κ3) is 5.55. The number of esters is 1. The zero-order valence-electron chi connectivity index (χ0n) is 20.9. The Hall–Kier alpha value is -2.57. The summed E-state index contributed by atoms with van der Waals surface area (Å²) in [6, 6.07) is 5.84. The van der Waals surface area contributed by atoms with Crippen molar-refractivity contribution in [3.8, 4) is 11.5 Å². The van der Waals surface area contributed by atoms with Crippen LogP contribution in [0.4, 0.5) is 17.6 Å². The molecule has 0 aromatic heterocycles. The molecule has 0 unspecified atom stereocenters. The molecule has 0 N–H and O–H groups in total. The van der Waals surface area contributed by atoms with E-state index in [1.54, 1.807) is 19.1 Å². The normalized spacial score (nSPS) is 24.4. The quantitative estimate of drug-likeness (QED) is 0.216. The first-order valence-corrected chi connectivity index (χ1v) is 13.1. The number of carbonyl (C=O) groups is 1. The SMILES string of the molecule is CCOc1ccc(OC(=O)C2CCC(c3ccc(C4CCC(CC)CC4)c(F)c3F)CC2)c(F)c1F. The molecule has 3 nitrogen and oxygen atoms in total. The van der Waals surface area contributed by atoms with Gasteiger partial charge in [-0.25, -0.2) is 8.78 Å². The Morgan fingerprint density at radius 1 is 0.722 bits per heavy atom. The Morgan fingerprint density at radius 3 is 1.75 bits per heavy atom. The molecule has 2 aromatic carbocycles. The fraction of sp³-hybridized carbons (Fsp3) is 0.552. The van der Waals surface area contributed by atoms with Gasteiger partial charge in [0.25, 0.3) is 0 Å². The molecule has 0 atom stereocenters. The van der Waals surface area contributed by atoms with Crippen LogP contribution >= 0.6 is 0 Å². The van der Waals surface area contributed by atoms with E-state index in [0.717, 1.165) is 32.1 Å². The molecular weight excluding hydrogens is 472 g/mol. The van der Waals surface area contributed by atoms with Crippen molar-refractivity contribution < 1.29 is 31.8 Å². The van der Waals surface area contributed by atoms with Gasteiger partial charge in [-0.15, -0.1) is 0 Å². The number of halogens is 4. The van der Waals surface area contributed by atoms with Gasteiger partial charge in [0.05, 0.1) is 12.5 Å². The van der Waals surface area contributed by atoms with E-state index in [4.69, 9.17) is 9.47 Å². The summed E-state index contributed by atoms with van der Waals surface area (Å²) in [4.78, 5) is 12.6. The van der Waals surface area contributed by atoms with E-state index in [1.165, 1.54) is 12.1 Å². The van der Waals surface area contributed by atoms with Crippen LogP contribution in [0.3, 0.4) is 0 Å². The van der Waals surface area contributed by atoms with Gasteiger partial charge in [0, 0.05) is 0 Å². The van der Waals surface area contributed by atoms with Gasteiger partial charge >= 0.3 is 5.97 Å². The van der Waals surface area contributed by atoms with Crippen LogP contribution in [0.25, 0.3) is 0 Å². The molecule has 0 saturated heterocycles. The van der Waals surface area contributed by atoms with Crippen LogP contribution in [-0.4, -0.2) is 12.6 Å². The molecule has 0 radical (unpaired) electrons. The molecule has 0 amide bonds. The molecule has 0 heterocycles. The van der Waals surface area contributed by atoms with Gasteiger partial charge in [-0.3, -0.25) is 4.79 Å². The first-order chi connectivity index (χ1) is 17.3. The molecule has 0 spiro atoms. The van der Waals surface area contributed by atoms with Crippen LogP contribution < -0.4 is 9.47 Å². The number of carbonyl (C=O) groups excluding carboxylic acids is 1. The highest BCUT2D eigenvalue weighted by atomic mass is 19.2. The lowest BCUT2D eigenvalue weighted by Crippen LogP contribution is -2.26. The zero-order valence-corrected chi connectivity index (χ0v) is 20.9. The first kappa shape index (κ1) is 26.5. The lowest BCUT2D eigenvalue weighted by Gasteiger charge is -2.30. The lowest BCUT2D eigenvalue weighted by molar-refractivity contribution is -0.140. The maximum atomic E-state index is 15.1. The predicted octanol–water partition coefficient (Wildman–Crippen LogP) is 8.20. The molecule has 2 aliphatic carbocycles. The van der Waals surface area contributed by atoms with E-state index in [-0.39, 0.29) is 24.2 Å². The second-order valence-corrected chi connectivity index (χ2v) is 10.1. The van der Waals surface area contributed by atoms with E-state index >= 15 is 8.78 Å². The minimum atomic E-state index is -1.27. The number of ether oxygens (including phenoxy) is 2. The summed E-state index contributed by atoms with van der Waals surface area (Å²) in [5, 5.41) is 0. The highest BCUT2D eigenvalue weighted by molar-refractivity contribution is 5.75. The molecule has 2 aromatic rings. The summed E-state index contributed by atoms with van der Waals surface area (Å²) in [6.45, 7) is 3.99. The number of hydrogen-bond acceptors (Lipinski definition) is 3. The van der Waals surface area contributed by atoms with Crippen molar-refractivity contribution in [1.29, 1.82) is 0 Å². The molecule has 2 saturated carbocycles. The van der Waals surface area contributed by atoms with Crippen molar-refractivity contribution in [2.45, 2.75) is 83.5 Å². The van der Waals surface area contributed by atoms with Gasteiger partial charge in [0.2, 0.25) is 11.6 Å². The largest absolute Gasteiger partial charge is 0.491 e. The van der Waals surface area contributed by atoms with Gasteiger partial charge in [-0.2, -0.15) is 8.78 Å². The van der Waals surface area contributed by atoms with Crippen LogP contribution in [0.2, 0.25) is 0 Å². The second kappa shape index (κ2) is 11.7. The Kier molecular flexibility index (Phi) is 8.58. The van der Waals surface area contributed by atoms with Crippen LogP contribution in [-0.2, 0) is 4.79 Å². The molecule has 2 aliphatic rings. The van der Waals surface area contributed by atoms with Gasteiger partial charge in [-0.1, -0.05) is 25.5 Å². The van der Waals surface area contributed by atoms with Gasteiger partial charge < -0.3 is 9.47 Å². The molecule has 2 fully saturated rings. The van der Waals surface area contributed by atoms with Crippen LogP contribution in [0.1, 0.15) is 94.6 Å². The Labute approximate surface area is 210 Å². The maximum absolute atomic E-state index is 15.1. The van der Waals surface area contributed by atoms with E-state index in [1.807, 2.05) is 0 Å². The standard InChI is InChI=1S/C29H34F4O3/c1-3-17-5-7-18(8-6-17)21-13-14-22(26(31)25(21)30)19-9-11-20(12-10-19)29(34)36-24-16-15-23(35-4-2)27(32)28(24)33/h13-20H,3-12H2,1-2H3. The first-order valence-electron chi connectivity index (χ1n) is 13.1. The van der Waals surface area contributed by atoms with E-state index in [9.17, 15) is 13.6 Å². The Bertz CT molecular complexity index is 1070. The van der Waals surface area contributed by atoms with Gasteiger partial charge in [0.1, 0.15) is 0 Å². The summed E-state index contributed by atoms with van der Waals surface area (Å²) >= 11 is 0. The molecule has 4 rings (SSSR count). The third-order valence-electron chi connectivity index (χ3n) is 8.03. The summed E-state index contributed by atoms with van der Waals surface area (Å²) in [5.41, 5.74) is 0.831. The smallest absolute Gasteiger partial charge is 0.314 e. The monoisotopic (exact) mass is 506 g/mol. The average molecular weight is 507 g/mol. The highest BCUT2D eigenvalue weighted by Crippen LogP contribution is 2.42. The second-order valence-electron chi connectivity index (χ2n) is 10.1. The number of benzene rings is 2. The van der Waals surface area contributed by atoms with E-state index in [0.29, 0.717) is 42.7 Å². The highest BCUT2D eigenvalue weighted by Gasteiger charge is 2.32. The van der Waals surface area contributed by atoms with Crippen molar-refractivity contribution in [2.24, 2.45) is 11.8 Å².